The minimum absolute atomic E-state index is 0.0207. The van der Waals surface area contributed by atoms with Crippen molar-refractivity contribution in [3.05, 3.63) is 52.8 Å². The number of ether oxygens (including phenoxy) is 2. The number of aromatic nitrogens is 2. The van der Waals surface area contributed by atoms with E-state index in [-0.39, 0.29) is 25.5 Å². The van der Waals surface area contributed by atoms with Crippen LogP contribution in [-0.4, -0.2) is 39.1 Å². The third-order valence-electron chi connectivity index (χ3n) is 3.88. The number of hydrogen-bond acceptors (Lipinski definition) is 5. The minimum atomic E-state index is -0.606. The second kappa shape index (κ2) is 7.29. The number of amides is 1. The molecule has 26 heavy (non-hydrogen) atoms. The number of carbonyl (C=O) groups excluding carboxylic acids is 2. The first-order valence-corrected chi connectivity index (χ1v) is 8.52. The van der Waals surface area contributed by atoms with Crippen molar-refractivity contribution >= 4 is 11.9 Å². The van der Waals surface area contributed by atoms with E-state index in [0.29, 0.717) is 23.6 Å². The minimum Gasteiger partial charge on any atom is -0.444 e. The molecule has 138 valence electrons. The molecule has 0 aliphatic carbocycles. The van der Waals surface area contributed by atoms with Gasteiger partial charge in [-0.1, -0.05) is 30.3 Å². The first-order valence-electron chi connectivity index (χ1n) is 8.52. The summed E-state index contributed by atoms with van der Waals surface area (Å²) in [4.78, 5) is 26.1. The predicted molar refractivity (Wildman–Crippen MR) is 94.5 cm³/mol. The quantitative estimate of drug-likeness (QED) is 0.909. The molecule has 2 aromatic rings. The Hall–Kier alpha value is -2.67. The van der Waals surface area contributed by atoms with Gasteiger partial charge in [-0.3, -0.25) is 14.8 Å². The molecule has 3 rings (SSSR count). The van der Waals surface area contributed by atoms with Crippen LogP contribution in [0, 0.1) is 0 Å². The van der Waals surface area contributed by atoms with Crippen LogP contribution in [-0.2, 0) is 29.2 Å². The summed E-state index contributed by atoms with van der Waals surface area (Å²) < 4.78 is 11.0. The van der Waals surface area contributed by atoms with Crippen LogP contribution in [0.4, 0.5) is 4.79 Å². The van der Waals surface area contributed by atoms with Gasteiger partial charge in [0, 0.05) is 0 Å². The van der Waals surface area contributed by atoms with E-state index in [4.69, 9.17) is 9.47 Å². The van der Waals surface area contributed by atoms with E-state index in [0.717, 1.165) is 5.56 Å². The summed E-state index contributed by atoms with van der Waals surface area (Å²) in [5.41, 5.74) is 2.16. The molecule has 1 aromatic heterocycles. The lowest BCUT2D eigenvalue weighted by Gasteiger charge is -2.29. The van der Waals surface area contributed by atoms with E-state index in [1.807, 2.05) is 30.3 Å². The number of aromatic amines is 1. The van der Waals surface area contributed by atoms with Gasteiger partial charge in [0.2, 0.25) is 0 Å². The zero-order valence-corrected chi connectivity index (χ0v) is 15.2. The molecule has 1 aliphatic rings. The number of nitrogens with zero attached hydrogens (tertiary/aromatic N) is 2. The van der Waals surface area contributed by atoms with Gasteiger partial charge in [0.25, 0.3) is 0 Å². The summed E-state index contributed by atoms with van der Waals surface area (Å²) in [6, 6.07) is 9.80. The van der Waals surface area contributed by atoms with Crippen LogP contribution < -0.4 is 0 Å². The molecule has 0 bridgehead atoms. The standard InChI is InChI=1S/C19H23N3O4/c1-19(2,3)26-18(24)22-9-14-17(16(23)10-22)15(21-20-14)12-25-11-13-7-5-4-6-8-13/h4-8H,9-12H2,1-3H3,(H,20,21). The highest BCUT2D eigenvalue weighted by molar-refractivity contribution is 6.02. The number of hydrogen-bond donors (Lipinski definition) is 1. The molecular formula is C19H23N3O4. The van der Waals surface area contributed by atoms with Crippen molar-refractivity contribution in [2.24, 2.45) is 0 Å². The Labute approximate surface area is 152 Å². The first kappa shape index (κ1) is 18.1. The Morgan fingerprint density at radius 2 is 1.92 bits per heavy atom. The Kier molecular flexibility index (Phi) is 5.08. The second-order valence-corrected chi connectivity index (χ2v) is 7.26. The fraction of sp³-hybridized carbons (Fsp3) is 0.421. The maximum absolute atomic E-state index is 12.5. The van der Waals surface area contributed by atoms with Crippen LogP contribution in [0.15, 0.2) is 30.3 Å². The molecule has 0 radical (unpaired) electrons. The summed E-state index contributed by atoms with van der Waals surface area (Å²) in [6.45, 7) is 6.30. The van der Waals surface area contributed by atoms with E-state index in [2.05, 4.69) is 10.2 Å². The van der Waals surface area contributed by atoms with E-state index in [1.54, 1.807) is 20.8 Å². The molecule has 0 unspecified atom stereocenters. The molecule has 0 saturated heterocycles. The number of benzene rings is 1. The number of rotatable bonds is 4. The largest absolute Gasteiger partial charge is 0.444 e. The first-order chi connectivity index (χ1) is 12.3. The summed E-state index contributed by atoms with van der Waals surface area (Å²) >= 11 is 0. The van der Waals surface area contributed by atoms with Gasteiger partial charge in [-0.05, 0) is 26.3 Å². The average molecular weight is 357 g/mol. The molecule has 2 heterocycles. The van der Waals surface area contributed by atoms with Gasteiger partial charge in [0.15, 0.2) is 5.78 Å². The summed E-state index contributed by atoms with van der Waals surface area (Å²) in [6.07, 6.45) is -0.507. The molecule has 7 nitrogen and oxygen atoms in total. The number of carbonyl (C=O) groups is 2. The van der Waals surface area contributed by atoms with Gasteiger partial charge in [0.1, 0.15) is 5.60 Å². The maximum Gasteiger partial charge on any atom is 0.411 e. The van der Waals surface area contributed by atoms with Crippen LogP contribution in [0.2, 0.25) is 0 Å². The number of ketones is 1. The zero-order valence-electron chi connectivity index (χ0n) is 15.2. The van der Waals surface area contributed by atoms with Crippen molar-refractivity contribution in [3.8, 4) is 0 Å². The second-order valence-electron chi connectivity index (χ2n) is 7.26. The normalized spacial score (nSPS) is 14.3. The topological polar surface area (TPSA) is 84.5 Å². The number of nitrogens with one attached hydrogen (secondary N) is 1. The van der Waals surface area contributed by atoms with Crippen molar-refractivity contribution in [3.63, 3.8) is 0 Å². The molecule has 1 aromatic carbocycles. The molecule has 7 heteroatoms. The Bertz CT molecular complexity index is 793. The van der Waals surface area contributed by atoms with Crippen LogP contribution in [0.25, 0.3) is 0 Å². The highest BCUT2D eigenvalue weighted by Crippen LogP contribution is 2.23. The Morgan fingerprint density at radius 1 is 1.19 bits per heavy atom. The molecule has 0 fully saturated rings. The van der Waals surface area contributed by atoms with Crippen molar-refractivity contribution in [2.45, 2.75) is 46.1 Å². The Morgan fingerprint density at radius 3 is 2.62 bits per heavy atom. The zero-order chi connectivity index (χ0) is 18.7. The van der Waals surface area contributed by atoms with Crippen LogP contribution in [0.1, 0.15) is 48.1 Å². The van der Waals surface area contributed by atoms with Gasteiger partial charge in [-0.25, -0.2) is 4.79 Å². The van der Waals surface area contributed by atoms with E-state index >= 15 is 0 Å². The third kappa shape index (κ3) is 4.29. The van der Waals surface area contributed by atoms with Crippen LogP contribution in [0.5, 0.6) is 0 Å². The van der Waals surface area contributed by atoms with Gasteiger partial charge in [-0.15, -0.1) is 0 Å². The lowest BCUT2D eigenvalue weighted by molar-refractivity contribution is 0.0217. The maximum atomic E-state index is 12.5. The summed E-state index contributed by atoms with van der Waals surface area (Å²) in [5.74, 6) is -0.163. The van der Waals surface area contributed by atoms with Crippen LogP contribution in [0.3, 0.4) is 0 Å². The van der Waals surface area contributed by atoms with Crippen LogP contribution >= 0.6 is 0 Å². The van der Waals surface area contributed by atoms with Crippen molar-refractivity contribution in [2.75, 3.05) is 6.54 Å². The van der Waals surface area contributed by atoms with E-state index in [9.17, 15) is 9.59 Å². The summed E-state index contributed by atoms with van der Waals surface area (Å²) in [5, 5.41) is 7.05. The van der Waals surface area contributed by atoms with Crippen molar-refractivity contribution in [1.29, 1.82) is 0 Å². The van der Waals surface area contributed by atoms with E-state index < -0.39 is 11.7 Å². The smallest absolute Gasteiger partial charge is 0.411 e. The van der Waals surface area contributed by atoms with Crippen molar-refractivity contribution in [1.82, 2.24) is 15.1 Å². The molecule has 0 atom stereocenters. The number of H-pyrrole nitrogens is 1. The van der Waals surface area contributed by atoms with Gasteiger partial charge < -0.3 is 9.47 Å². The molecule has 0 saturated carbocycles. The van der Waals surface area contributed by atoms with Gasteiger partial charge in [0.05, 0.1) is 43.3 Å². The molecular weight excluding hydrogens is 334 g/mol. The molecule has 1 aliphatic heterocycles. The van der Waals surface area contributed by atoms with Gasteiger partial charge >= 0.3 is 6.09 Å². The number of fused-ring (bicyclic) bond motifs is 1. The molecule has 0 spiro atoms. The predicted octanol–water partition coefficient (Wildman–Crippen LogP) is 3.06. The average Bonchev–Trinajstić information content (AvgIpc) is 2.98. The van der Waals surface area contributed by atoms with Gasteiger partial charge in [-0.2, -0.15) is 5.10 Å². The lowest BCUT2D eigenvalue weighted by Crippen LogP contribution is -2.42. The van der Waals surface area contributed by atoms with Crippen molar-refractivity contribution < 1.29 is 19.1 Å². The highest BCUT2D eigenvalue weighted by atomic mass is 16.6. The van der Waals surface area contributed by atoms with E-state index in [1.165, 1.54) is 4.90 Å². The Balaban J connectivity index is 1.64. The third-order valence-corrected chi connectivity index (χ3v) is 3.88. The fourth-order valence-corrected chi connectivity index (χ4v) is 2.76. The monoisotopic (exact) mass is 357 g/mol. The lowest BCUT2D eigenvalue weighted by atomic mass is 10.0. The molecule has 1 N–H and O–H groups in total. The fourth-order valence-electron chi connectivity index (χ4n) is 2.76. The SMILES string of the molecule is CC(C)(C)OC(=O)N1CC(=O)c2c(COCc3ccccc3)n[nH]c2C1. The number of Topliss-reactive ketones (excluding diaryl/α,β-unsaturated/α-hetero) is 1. The molecule has 1 amide bonds. The summed E-state index contributed by atoms with van der Waals surface area (Å²) in [7, 11) is 0. The highest BCUT2D eigenvalue weighted by Gasteiger charge is 2.33.